The molecule has 2 rings (SSSR count). The molecule has 0 unspecified atom stereocenters. The summed E-state index contributed by atoms with van der Waals surface area (Å²) < 4.78 is 9.97. The molecule has 1 N–H and O–H groups in total. The van der Waals surface area contributed by atoms with Crippen LogP contribution < -0.4 is 14.8 Å². The summed E-state index contributed by atoms with van der Waals surface area (Å²) in [6.07, 6.45) is 1.40. The van der Waals surface area contributed by atoms with E-state index in [-0.39, 0.29) is 23.6 Å². The van der Waals surface area contributed by atoms with Crippen LogP contribution in [0.4, 0.5) is 5.69 Å². The molecule has 0 aliphatic rings. The van der Waals surface area contributed by atoms with Crippen LogP contribution in [0, 0.1) is 0 Å². The van der Waals surface area contributed by atoms with E-state index < -0.39 is 0 Å². The number of carbonyl (C=O) groups is 2. The Labute approximate surface area is 127 Å². The van der Waals surface area contributed by atoms with Gasteiger partial charge in [-0.1, -0.05) is 12.1 Å². The highest BCUT2D eigenvalue weighted by Gasteiger charge is 2.13. The molecule has 0 spiro atoms. The number of benzene rings is 1. The van der Waals surface area contributed by atoms with Gasteiger partial charge in [-0.2, -0.15) is 4.98 Å². The number of aromatic nitrogens is 2. The molecule has 0 bridgehead atoms. The van der Waals surface area contributed by atoms with Crippen LogP contribution in [0.25, 0.3) is 0 Å². The largest absolute Gasteiger partial charge is 0.479 e. The lowest BCUT2D eigenvalue weighted by Crippen LogP contribution is -2.13. The second-order valence-electron chi connectivity index (χ2n) is 4.37. The van der Waals surface area contributed by atoms with Crippen LogP contribution in [0.15, 0.2) is 30.5 Å². The van der Waals surface area contributed by atoms with Crippen LogP contribution in [0.1, 0.15) is 27.6 Å². The molecule has 1 aromatic carbocycles. The van der Waals surface area contributed by atoms with E-state index in [0.717, 1.165) is 0 Å². The monoisotopic (exact) mass is 301 g/mol. The maximum atomic E-state index is 12.2. The first-order chi connectivity index (χ1) is 10.5. The van der Waals surface area contributed by atoms with Crippen molar-refractivity contribution in [3.8, 4) is 11.9 Å². The molecule has 0 aliphatic carbocycles. The molecule has 2 aromatic rings. The molecule has 0 radical (unpaired) electrons. The number of anilines is 1. The number of hydrogen-bond donors (Lipinski definition) is 1. The predicted octanol–water partition coefficient (Wildman–Crippen LogP) is 1.95. The number of nitrogens with one attached hydrogen (secondary N) is 1. The fourth-order valence-electron chi connectivity index (χ4n) is 1.74. The van der Waals surface area contributed by atoms with Gasteiger partial charge in [0.15, 0.2) is 5.78 Å². The average Bonchev–Trinajstić information content (AvgIpc) is 2.55. The second-order valence-corrected chi connectivity index (χ2v) is 4.37. The van der Waals surface area contributed by atoms with Gasteiger partial charge in [0.1, 0.15) is 5.69 Å². The molecule has 7 heteroatoms. The van der Waals surface area contributed by atoms with E-state index in [0.29, 0.717) is 16.8 Å². The normalized spacial score (nSPS) is 9.95. The minimum absolute atomic E-state index is 0.0582. The molecule has 0 saturated heterocycles. The van der Waals surface area contributed by atoms with Gasteiger partial charge in [-0.05, 0) is 19.1 Å². The molecule has 22 heavy (non-hydrogen) atoms. The first-order valence-electron chi connectivity index (χ1n) is 6.42. The summed E-state index contributed by atoms with van der Waals surface area (Å²) in [5, 5.41) is 2.65. The number of carbonyl (C=O) groups excluding carboxylic acids is 2. The van der Waals surface area contributed by atoms with E-state index in [1.165, 1.54) is 27.3 Å². The van der Waals surface area contributed by atoms with Gasteiger partial charge in [0, 0.05) is 11.1 Å². The van der Waals surface area contributed by atoms with Crippen LogP contribution in [0.5, 0.6) is 11.9 Å². The zero-order valence-electron chi connectivity index (χ0n) is 12.4. The molecule has 1 heterocycles. The Balaban J connectivity index is 2.19. The van der Waals surface area contributed by atoms with Gasteiger partial charge in [-0.15, -0.1) is 0 Å². The summed E-state index contributed by atoms with van der Waals surface area (Å²) >= 11 is 0. The van der Waals surface area contributed by atoms with Crippen molar-refractivity contribution in [3.63, 3.8) is 0 Å². The Morgan fingerprint density at radius 3 is 2.23 bits per heavy atom. The summed E-state index contributed by atoms with van der Waals surface area (Å²) in [5.74, 6) is -0.222. The first kappa shape index (κ1) is 15.4. The standard InChI is InChI=1S/C15H15N3O4/c1-9(19)10-4-6-11(7-5-10)13(20)17-12-8-16-15(22-3)18-14(12)21-2/h4-8H,1-3H3,(H,17,20). The second kappa shape index (κ2) is 6.66. The maximum absolute atomic E-state index is 12.2. The van der Waals surface area contributed by atoms with Gasteiger partial charge >= 0.3 is 6.01 Å². The summed E-state index contributed by atoms with van der Waals surface area (Å²) in [6.45, 7) is 1.47. The summed E-state index contributed by atoms with van der Waals surface area (Å²) in [4.78, 5) is 31.3. The van der Waals surface area contributed by atoms with E-state index in [4.69, 9.17) is 9.47 Å². The Bertz CT molecular complexity index is 698. The summed E-state index contributed by atoms with van der Waals surface area (Å²) in [5.41, 5.74) is 1.27. The number of rotatable bonds is 5. The van der Waals surface area contributed by atoms with Crippen LogP contribution in [0.2, 0.25) is 0 Å². The Kier molecular flexibility index (Phi) is 4.67. The average molecular weight is 301 g/mol. The summed E-state index contributed by atoms with van der Waals surface area (Å²) in [6, 6.07) is 6.48. The van der Waals surface area contributed by atoms with Crippen LogP contribution in [-0.4, -0.2) is 35.9 Å². The van der Waals surface area contributed by atoms with Crippen LogP contribution in [0.3, 0.4) is 0 Å². The molecule has 1 amide bonds. The van der Waals surface area contributed by atoms with E-state index in [2.05, 4.69) is 15.3 Å². The third-order valence-corrected chi connectivity index (χ3v) is 2.91. The van der Waals surface area contributed by atoms with Gasteiger partial charge in [0.2, 0.25) is 5.88 Å². The number of ketones is 1. The number of methoxy groups -OCH3 is 2. The van der Waals surface area contributed by atoms with Crippen molar-refractivity contribution in [1.29, 1.82) is 0 Å². The van der Waals surface area contributed by atoms with E-state index in [1.54, 1.807) is 24.3 Å². The van der Waals surface area contributed by atoms with Crippen LogP contribution >= 0.6 is 0 Å². The molecule has 0 atom stereocenters. The SMILES string of the molecule is COc1ncc(NC(=O)c2ccc(C(C)=O)cc2)c(OC)n1. The van der Waals surface area contributed by atoms with Gasteiger partial charge in [-0.3, -0.25) is 9.59 Å². The topological polar surface area (TPSA) is 90.4 Å². The van der Waals surface area contributed by atoms with Crippen molar-refractivity contribution in [3.05, 3.63) is 41.6 Å². The predicted molar refractivity (Wildman–Crippen MR) is 79.5 cm³/mol. The highest BCUT2D eigenvalue weighted by Crippen LogP contribution is 2.23. The van der Waals surface area contributed by atoms with Gasteiger partial charge < -0.3 is 14.8 Å². The molecule has 1 aromatic heterocycles. The molecule has 114 valence electrons. The van der Waals surface area contributed by atoms with Gasteiger partial charge in [0.25, 0.3) is 5.91 Å². The van der Waals surface area contributed by atoms with E-state index in [1.807, 2.05) is 0 Å². The number of nitrogens with zero attached hydrogens (tertiary/aromatic N) is 2. The minimum atomic E-state index is -0.359. The molecular formula is C15H15N3O4. The zero-order valence-corrected chi connectivity index (χ0v) is 12.4. The lowest BCUT2D eigenvalue weighted by atomic mass is 10.1. The van der Waals surface area contributed by atoms with Crippen molar-refractivity contribution < 1.29 is 19.1 Å². The zero-order chi connectivity index (χ0) is 16.1. The number of hydrogen-bond acceptors (Lipinski definition) is 6. The highest BCUT2D eigenvalue weighted by atomic mass is 16.5. The minimum Gasteiger partial charge on any atom is -0.479 e. The molecule has 0 fully saturated rings. The lowest BCUT2D eigenvalue weighted by Gasteiger charge is -2.09. The van der Waals surface area contributed by atoms with Crippen molar-refractivity contribution in [1.82, 2.24) is 9.97 Å². The maximum Gasteiger partial charge on any atom is 0.319 e. The van der Waals surface area contributed by atoms with Crippen molar-refractivity contribution in [2.45, 2.75) is 6.92 Å². The quantitative estimate of drug-likeness (QED) is 0.849. The van der Waals surface area contributed by atoms with E-state index >= 15 is 0 Å². The number of Topliss-reactive ketones (excluding diaryl/α,β-unsaturated/α-hetero) is 1. The van der Waals surface area contributed by atoms with Crippen molar-refractivity contribution >= 4 is 17.4 Å². The lowest BCUT2D eigenvalue weighted by molar-refractivity contribution is 0.100. The van der Waals surface area contributed by atoms with Gasteiger partial charge in [0.05, 0.1) is 20.4 Å². The third kappa shape index (κ3) is 3.38. The highest BCUT2D eigenvalue weighted by molar-refractivity contribution is 6.05. The fourth-order valence-corrected chi connectivity index (χ4v) is 1.74. The molecule has 0 aliphatic heterocycles. The smallest absolute Gasteiger partial charge is 0.319 e. The van der Waals surface area contributed by atoms with Crippen molar-refractivity contribution in [2.75, 3.05) is 19.5 Å². The Morgan fingerprint density at radius 2 is 1.68 bits per heavy atom. The van der Waals surface area contributed by atoms with Crippen LogP contribution in [-0.2, 0) is 0 Å². The van der Waals surface area contributed by atoms with Gasteiger partial charge in [-0.25, -0.2) is 4.98 Å². The van der Waals surface area contributed by atoms with Crippen molar-refractivity contribution in [2.24, 2.45) is 0 Å². The molecule has 0 saturated carbocycles. The first-order valence-corrected chi connectivity index (χ1v) is 6.42. The fraction of sp³-hybridized carbons (Fsp3) is 0.200. The molecule has 7 nitrogen and oxygen atoms in total. The Morgan fingerprint density at radius 1 is 1.05 bits per heavy atom. The third-order valence-electron chi connectivity index (χ3n) is 2.91. The summed E-state index contributed by atoms with van der Waals surface area (Å²) in [7, 11) is 2.86. The van der Waals surface area contributed by atoms with E-state index in [9.17, 15) is 9.59 Å². The number of amides is 1. The number of ether oxygens (including phenoxy) is 2. The molecular weight excluding hydrogens is 286 g/mol. The Hall–Kier alpha value is -2.96.